The van der Waals surface area contributed by atoms with Gasteiger partial charge in [0.15, 0.2) is 0 Å². The van der Waals surface area contributed by atoms with Gasteiger partial charge in [-0.2, -0.15) is 4.79 Å². The smallest absolute Gasteiger partial charge is 0.324 e. The molecule has 0 saturated carbocycles. The highest BCUT2D eigenvalue weighted by Crippen LogP contribution is 2.36. The van der Waals surface area contributed by atoms with Crippen LogP contribution in [0.2, 0.25) is 0 Å². The minimum atomic E-state index is -0.775. The Labute approximate surface area is 113 Å². The number of hydrogen-bond acceptors (Lipinski definition) is 3. The highest BCUT2D eigenvalue weighted by atomic mass is 16.7. The average molecular weight is 263 g/mol. The molecule has 1 aliphatic rings. The molecule has 0 saturated heterocycles. The fourth-order valence-electron chi connectivity index (χ4n) is 2.15. The Morgan fingerprint density at radius 2 is 2.37 bits per heavy atom. The third kappa shape index (κ3) is 3.61. The molecule has 5 nitrogen and oxygen atoms in total. The van der Waals surface area contributed by atoms with Crippen LogP contribution in [0.25, 0.3) is 5.53 Å². The minimum absolute atomic E-state index is 0.251. The largest absolute Gasteiger partial charge is 0.389 e. The number of ketones is 1. The molecule has 0 amide bonds. The van der Waals surface area contributed by atoms with E-state index in [-0.39, 0.29) is 11.4 Å². The van der Waals surface area contributed by atoms with E-state index in [4.69, 9.17) is 10.4 Å². The van der Waals surface area contributed by atoms with E-state index in [0.29, 0.717) is 18.6 Å². The van der Waals surface area contributed by atoms with Crippen molar-refractivity contribution in [2.75, 3.05) is 0 Å². The summed E-state index contributed by atoms with van der Waals surface area (Å²) in [5.41, 5.74) is 8.13. The first-order valence-electron chi connectivity index (χ1n) is 6.44. The van der Waals surface area contributed by atoms with Crippen LogP contribution in [0.4, 0.5) is 0 Å². The summed E-state index contributed by atoms with van der Waals surface area (Å²) in [4.78, 5) is 20.4. The monoisotopic (exact) mass is 263 g/mol. The van der Waals surface area contributed by atoms with E-state index < -0.39 is 5.41 Å². The SMILES string of the molecule is C=CCCCC(C)(C(=O)C=[N+]=[N-])C1=NOC(C)(C)C1. The normalized spacial score (nSPS) is 19.6. The number of oxime groups is 1. The van der Waals surface area contributed by atoms with Gasteiger partial charge >= 0.3 is 6.21 Å². The molecule has 1 atom stereocenters. The van der Waals surface area contributed by atoms with Crippen molar-refractivity contribution in [2.45, 2.75) is 52.1 Å². The van der Waals surface area contributed by atoms with Gasteiger partial charge in [0.2, 0.25) is 5.78 Å². The maximum Gasteiger partial charge on any atom is 0.324 e. The standard InChI is InChI=1S/C14H21N3O2/c1-5-6-7-8-14(4,12(18)10-16-15)11-9-13(2,3)19-17-11/h5,10H,1,6-9H2,2-4H3. The Morgan fingerprint density at radius 1 is 1.68 bits per heavy atom. The van der Waals surface area contributed by atoms with Crippen LogP contribution in [-0.4, -0.2) is 28.1 Å². The van der Waals surface area contributed by atoms with E-state index in [9.17, 15) is 4.79 Å². The molecule has 0 radical (unpaired) electrons. The van der Waals surface area contributed by atoms with Crippen LogP contribution < -0.4 is 0 Å². The van der Waals surface area contributed by atoms with Crippen LogP contribution in [0, 0.1) is 5.41 Å². The van der Waals surface area contributed by atoms with Crippen LogP contribution in [0.3, 0.4) is 0 Å². The molecule has 0 N–H and O–H groups in total. The van der Waals surface area contributed by atoms with Crippen molar-refractivity contribution < 1.29 is 14.4 Å². The average Bonchev–Trinajstić information content (AvgIpc) is 2.70. The lowest BCUT2D eigenvalue weighted by Crippen LogP contribution is -2.38. The summed E-state index contributed by atoms with van der Waals surface area (Å²) in [7, 11) is 0. The first kappa shape index (κ1) is 15.3. The second-order valence-electron chi connectivity index (χ2n) is 5.69. The molecule has 1 unspecified atom stereocenters. The number of unbranched alkanes of at least 4 members (excludes halogenated alkanes) is 1. The van der Waals surface area contributed by atoms with E-state index in [0.717, 1.165) is 19.1 Å². The fourth-order valence-corrected chi connectivity index (χ4v) is 2.15. The zero-order valence-corrected chi connectivity index (χ0v) is 11.8. The van der Waals surface area contributed by atoms with Crippen LogP contribution in [-0.2, 0) is 9.63 Å². The van der Waals surface area contributed by atoms with Crippen molar-refractivity contribution >= 4 is 17.7 Å². The maximum atomic E-state index is 12.2. The summed E-state index contributed by atoms with van der Waals surface area (Å²) in [6.45, 7) is 9.36. The van der Waals surface area contributed by atoms with Gasteiger partial charge in [0.25, 0.3) is 0 Å². The van der Waals surface area contributed by atoms with Crippen LogP contribution in [0.15, 0.2) is 17.8 Å². The maximum absolute atomic E-state index is 12.2. The van der Waals surface area contributed by atoms with E-state index in [1.54, 1.807) is 0 Å². The van der Waals surface area contributed by atoms with Gasteiger partial charge in [-0.3, -0.25) is 4.79 Å². The molecule has 1 aliphatic heterocycles. The molecule has 0 aromatic rings. The molecular weight excluding hydrogens is 242 g/mol. The molecule has 0 bridgehead atoms. The summed E-state index contributed by atoms with van der Waals surface area (Å²) in [6, 6.07) is 0. The zero-order chi connectivity index (χ0) is 14.5. The summed E-state index contributed by atoms with van der Waals surface area (Å²) in [6.07, 6.45) is 5.65. The Balaban J connectivity index is 2.95. The third-order valence-corrected chi connectivity index (χ3v) is 3.44. The lowest BCUT2D eigenvalue weighted by atomic mass is 9.74. The first-order valence-corrected chi connectivity index (χ1v) is 6.44. The quantitative estimate of drug-likeness (QED) is 0.233. The molecule has 1 heterocycles. The van der Waals surface area contributed by atoms with E-state index in [2.05, 4.69) is 16.5 Å². The molecule has 0 aromatic heterocycles. The van der Waals surface area contributed by atoms with Gasteiger partial charge in [-0.25, -0.2) is 0 Å². The van der Waals surface area contributed by atoms with Crippen molar-refractivity contribution in [2.24, 2.45) is 10.6 Å². The van der Waals surface area contributed by atoms with Crippen molar-refractivity contribution in [3.05, 3.63) is 18.2 Å². The summed E-state index contributed by atoms with van der Waals surface area (Å²) in [5, 5.41) is 4.07. The van der Waals surface area contributed by atoms with E-state index >= 15 is 0 Å². The number of Topliss-reactive ketones (excluding diaryl/α,β-unsaturated/α-hetero) is 1. The minimum Gasteiger partial charge on any atom is -0.389 e. The summed E-state index contributed by atoms with van der Waals surface area (Å²) in [5.74, 6) is -0.251. The first-order chi connectivity index (χ1) is 8.85. The zero-order valence-electron chi connectivity index (χ0n) is 11.8. The number of hydrogen-bond donors (Lipinski definition) is 0. The van der Waals surface area contributed by atoms with Crippen molar-refractivity contribution in [3.8, 4) is 0 Å². The topological polar surface area (TPSA) is 75.1 Å². The molecule has 0 fully saturated rings. The highest BCUT2D eigenvalue weighted by Gasteiger charge is 2.45. The number of carbonyl (C=O) groups excluding carboxylic acids is 1. The number of allylic oxidation sites excluding steroid dienone is 1. The van der Waals surface area contributed by atoms with Gasteiger partial charge in [0, 0.05) is 6.42 Å². The molecule has 104 valence electrons. The molecular formula is C14H21N3O2. The van der Waals surface area contributed by atoms with Gasteiger partial charge < -0.3 is 10.4 Å². The van der Waals surface area contributed by atoms with Gasteiger partial charge in [-0.1, -0.05) is 11.2 Å². The molecule has 0 spiro atoms. The summed E-state index contributed by atoms with van der Waals surface area (Å²) < 4.78 is 0. The summed E-state index contributed by atoms with van der Waals surface area (Å²) >= 11 is 0. The highest BCUT2D eigenvalue weighted by molar-refractivity contribution is 6.34. The van der Waals surface area contributed by atoms with Crippen LogP contribution >= 0.6 is 0 Å². The van der Waals surface area contributed by atoms with Crippen molar-refractivity contribution in [1.82, 2.24) is 0 Å². The van der Waals surface area contributed by atoms with Crippen LogP contribution in [0.5, 0.6) is 0 Å². The van der Waals surface area contributed by atoms with Gasteiger partial charge in [-0.05, 0) is 40.0 Å². The van der Waals surface area contributed by atoms with E-state index in [1.807, 2.05) is 26.8 Å². The van der Waals surface area contributed by atoms with Crippen molar-refractivity contribution in [1.29, 1.82) is 0 Å². The predicted octanol–water partition coefficient (Wildman–Crippen LogP) is 2.77. The van der Waals surface area contributed by atoms with Gasteiger partial charge in [0.05, 0.1) is 11.1 Å². The number of nitrogens with zero attached hydrogens (tertiary/aromatic N) is 3. The molecule has 19 heavy (non-hydrogen) atoms. The Bertz CT molecular complexity index is 448. The van der Waals surface area contributed by atoms with Crippen LogP contribution in [0.1, 0.15) is 46.5 Å². The van der Waals surface area contributed by atoms with Gasteiger partial charge in [0.1, 0.15) is 5.60 Å². The third-order valence-electron chi connectivity index (χ3n) is 3.44. The molecule has 1 rings (SSSR count). The van der Waals surface area contributed by atoms with Gasteiger partial charge in [-0.15, -0.1) is 6.58 Å². The lowest BCUT2D eigenvalue weighted by Gasteiger charge is -2.25. The molecule has 5 heteroatoms. The second-order valence-corrected chi connectivity index (χ2v) is 5.69. The predicted molar refractivity (Wildman–Crippen MR) is 74.1 cm³/mol. The fraction of sp³-hybridized carbons (Fsp3) is 0.643. The van der Waals surface area contributed by atoms with Crippen molar-refractivity contribution in [3.63, 3.8) is 0 Å². The Kier molecular flexibility index (Phi) is 4.78. The molecule has 0 aromatic carbocycles. The Morgan fingerprint density at radius 3 is 2.84 bits per heavy atom. The molecule has 0 aliphatic carbocycles. The lowest BCUT2D eigenvalue weighted by molar-refractivity contribution is -0.121. The van der Waals surface area contributed by atoms with E-state index in [1.165, 1.54) is 0 Å². The number of carbonyl (C=O) groups is 1. The second kappa shape index (κ2) is 5.93. The Hall–Kier alpha value is -1.74. The number of rotatable bonds is 7.